The van der Waals surface area contributed by atoms with Crippen molar-refractivity contribution < 1.29 is 40.3 Å². The molecule has 0 aromatic heterocycles. The Morgan fingerprint density at radius 3 is 2.14 bits per heavy atom. The smallest absolute Gasteiger partial charge is 0.262 e. The second kappa shape index (κ2) is 12.3. The highest BCUT2D eigenvalue weighted by molar-refractivity contribution is 7.92. The number of sulfonamides is 2. The standard InChI is InChI=1S/C28H31F2N3O7S2/c1-18-15-33(19(2)17-34)28(35)24-5-4-6-25(31-41(36,37)22-11-7-20(29)8-12-22)27(24)40-26(18)16-32(3)42(38,39)23-13-9-21(30)10-14-23/h4-14,18-19,26,31,34H,15-17H2,1-3H3/t18-,19+,26+/m0/s1. The Morgan fingerprint density at radius 1 is 1.00 bits per heavy atom. The maximum atomic E-state index is 13.6. The van der Waals surface area contributed by atoms with Crippen molar-refractivity contribution in [3.05, 3.63) is 83.9 Å². The first kappa shape index (κ1) is 31.3. The van der Waals surface area contributed by atoms with Gasteiger partial charge in [-0.25, -0.2) is 25.6 Å². The van der Waals surface area contributed by atoms with Crippen molar-refractivity contribution in [1.82, 2.24) is 9.21 Å². The maximum Gasteiger partial charge on any atom is 0.262 e. The Kier molecular flexibility index (Phi) is 9.21. The van der Waals surface area contributed by atoms with E-state index < -0.39 is 55.7 Å². The summed E-state index contributed by atoms with van der Waals surface area (Å²) < 4.78 is 89.4. The number of halogens is 2. The largest absolute Gasteiger partial charge is 0.486 e. The third-order valence-corrected chi connectivity index (χ3v) is 10.2. The molecule has 0 radical (unpaired) electrons. The molecule has 0 saturated heterocycles. The number of amides is 1. The number of hydrogen-bond donors (Lipinski definition) is 2. The zero-order valence-electron chi connectivity index (χ0n) is 23.1. The molecule has 0 aliphatic carbocycles. The highest BCUT2D eigenvalue weighted by Gasteiger charge is 2.36. The fraction of sp³-hybridized carbons (Fsp3) is 0.321. The quantitative estimate of drug-likeness (QED) is 0.374. The molecule has 4 rings (SSSR count). The number of nitrogens with one attached hydrogen (secondary N) is 1. The van der Waals surface area contributed by atoms with E-state index in [1.54, 1.807) is 13.8 Å². The summed E-state index contributed by atoms with van der Waals surface area (Å²) in [5.74, 6) is -2.37. The van der Waals surface area contributed by atoms with E-state index in [1.807, 2.05) is 0 Å². The number of benzene rings is 3. The zero-order valence-corrected chi connectivity index (χ0v) is 24.7. The van der Waals surface area contributed by atoms with E-state index in [2.05, 4.69) is 4.72 Å². The van der Waals surface area contributed by atoms with Gasteiger partial charge in [0, 0.05) is 19.5 Å². The number of carbonyl (C=O) groups excluding carboxylic acids is 1. The molecule has 1 aliphatic rings. The topological polar surface area (TPSA) is 133 Å². The normalized spacial score (nSPS) is 18.5. The maximum absolute atomic E-state index is 13.6. The number of aliphatic hydroxyl groups excluding tert-OH is 1. The van der Waals surface area contributed by atoms with Crippen molar-refractivity contribution in [2.75, 3.05) is 31.5 Å². The fourth-order valence-electron chi connectivity index (χ4n) is 4.50. The van der Waals surface area contributed by atoms with Crippen LogP contribution in [0.4, 0.5) is 14.5 Å². The van der Waals surface area contributed by atoms with Crippen LogP contribution in [0.25, 0.3) is 0 Å². The van der Waals surface area contributed by atoms with E-state index in [0.29, 0.717) is 0 Å². The number of fused-ring (bicyclic) bond motifs is 1. The summed E-state index contributed by atoms with van der Waals surface area (Å²) in [5, 5.41) is 9.86. The van der Waals surface area contributed by atoms with Gasteiger partial charge in [0.1, 0.15) is 17.7 Å². The lowest BCUT2D eigenvalue weighted by molar-refractivity contribution is 0.0389. The van der Waals surface area contributed by atoms with Gasteiger partial charge >= 0.3 is 0 Å². The summed E-state index contributed by atoms with van der Waals surface area (Å²) >= 11 is 0. The van der Waals surface area contributed by atoms with Crippen LogP contribution < -0.4 is 9.46 Å². The zero-order chi connectivity index (χ0) is 30.8. The van der Waals surface area contributed by atoms with Gasteiger partial charge in [0.2, 0.25) is 10.0 Å². The number of rotatable bonds is 9. The third-order valence-electron chi connectivity index (χ3n) is 7.02. The van der Waals surface area contributed by atoms with Crippen molar-refractivity contribution >= 4 is 31.6 Å². The van der Waals surface area contributed by atoms with Gasteiger partial charge in [-0.3, -0.25) is 9.52 Å². The Morgan fingerprint density at radius 2 is 1.57 bits per heavy atom. The molecule has 0 spiro atoms. The predicted molar refractivity (Wildman–Crippen MR) is 151 cm³/mol. The van der Waals surface area contributed by atoms with Crippen molar-refractivity contribution in [1.29, 1.82) is 0 Å². The van der Waals surface area contributed by atoms with Crippen LogP contribution in [-0.4, -0.2) is 75.9 Å². The fourth-order valence-corrected chi connectivity index (χ4v) is 6.74. The molecule has 2 N–H and O–H groups in total. The molecule has 3 aromatic rings. The molecule has 42 heavy (non-hydrogen) atoms. The van der Waals surface area contributed by atoms with Crippen LogP contribution in [-0.2, 0) is 20.0 Å². The Hall–Kier alpha value is -3.59. The van der Waals surface area contributed by atoms with Gasteiger partial charge in [-0.1, -0.05) is 13.0 Å². The number of aliphatic hydroxyl groups is 1. The second-order valence-electron chi connectivity index (χ2n) is 10.1. The SMILES string of the molecule is C[C@H](CO)N1C[C@H](C)[C@@H](CN(C)S(=O)(=O)c2ccc(F)cc2)Oc2c(NS(=O)(=O)c3ccc(F)cc3)cccc2C1=O. The van der Waals surface area contributed by atoms with E-state index in [1.165, 1.54) is 30.1 Å². The van der Waals surface area contributed by atoms with Crippen molar-refractivity contribution in [3.8, 4) is 5.75 Å². The molecule has 0 unspecified atom stereocenters. The molecule has 0 saturated carbocycles. The molecule has 0 fully saturated rings. The van der Waals surface area contributed by atoms with E-state index in [9.17, 15) is 35.5 Å². The molecular weight excluding hydrogens is 592 g/mol. The van der Waals surface area contributed by atoms with Crippen LogP contribution in [0.1, 0.15) is 24.2 Å². The highest BCUT2D eigenvalue weighted by Crippen LogP contribution is 2.36. The first-order valence-electron chi connectivity index (χ1n) is 13.0. The lowest BCUT2D eigenvalue weighted by Crippen LogP contribution is -2.50. The molecule has 14 heteroatoms. The monoisotopic (exact) mass is 623 g/mol. The lowest BCUT2D eigenvalue weighted by Gasteiger charge is -2.38. The summed E-state index contributed by atoms with van der Waals surface area (Å²) in [5.41, 5.74) is -0.0968. The number of anilines is 1. The van der Waals surface area contributed by atoms with E-state index in [0.717, 1.165) is 52.8 Å². The van der Waals surface area contributed by atoms with Gasteiger partial charge in [0.15, 0.2) is 5.75 Å². The average Bonchev–Trinajstić information content (AvgIpc) is 2.95. The number of likely N-dealkylation sites (N-methyl/N-ethyl adjacent to an activating group) is 1. The Balaban J connectivity index is 1.76. The van der Waals surface area contributed by atoms with Crippen LogP contribution in [0.2, 0.25) is 0 Å². The van der Waals surface area contributed by atoms with E-state index in [4.69, 9.17) is 4.74 Å². The molecule has 1 heterocycles. The number of hydrogen-bond acceptors (Lipinski definition) is 7. The molecule has 1 amide bonds. The first-order valence-corrected chi connectivity index (χ1v) is 15.9. The van der Waals surface area contributed by atoms with Gasteiger partial charge in [0.25, 0.3) is 15.9 Å². The Bertz CT molecular complexity index is 1650. The van der Waals surface area contributed by atoms with E-state index >= 15 is 0 Å². The molecule has 3 aromatic carbocycles. The minimum Gasteiger partial charge on any atom is -0.486 e. The molecule has 10 nitrogen and oxygen atoms in total. The summed E-state index contributed by atoms with van der Waals surface area (Å²) in [6.45, 7) is 2.92. The van der Waals surface area contributed by atoms with Crippen LogP contribution in [0.15, 0.2) is 76.5 Å². The molecular formula is C28H31F2N3O7S2. The summed E-state index contributed by atoms with van der Waals surface area (Å²) in [7, 11) is -7.00. The third kappa shape index (κ3) is 6.56. The van der Waals surface area contributed by atoms with Crippen LogP contribution in [0, 0.1) is 17.6 Å². The number of nitrogens with zero attached hydrogens (tertiary/aromatic N) is 2. The van der Waals surface area contributed by atoms with Gasteiger partial charge in [-0.05, 0) is 67.6 Å². The summed E-state index contributed by atoms with van der Waals surface area (Å²) in [6, 6.07) is 12.2. The molecule has 0 bridgehead atoms. The van der Waals surface area contributed by atoms with Crippen molar-refractivity contribution in [2.24, 2.45) is 5.92 Å². The van der Waals surface area contributed by atoms with Gasteiger partial charge < -0.3 is 14.7 Å². The van der Waals surface area contributed by atoms with E-state index in [-0.39, 0.29) is 46.5 Å². The molecule has 1 aliphatic heterocycles. The van der Waals surface area contributed by atoms with Crippen LogP contribution >= 0.6 is 0 Å². The summed E-state index contributed by atoms with van der Waals surface area (Å²) in [4.78, 5) is 14.7. The van der Waals surface area contributed by atoms with Gasteiger partial charge in [-0.2, -0.15) is 4.31 Å². The van der Waals surface area contributed by atoms with Gasteiger partial charge in [0.05, 0.1) is 40.2 Å². The second-order valence-corrected chi connectivity index (χ2v) is 13.8. The first-order chi connectivity index (χ1) is 19.7. The minimum atomic E-state index is -4.25. The summed E-state index contributed by atoms with van der Waals surface area (Å²) in [6.07, 6.45) is -0.901. The average molecular weight is 624 g/mol. The minimum absolute atomic E-state index is 0.00412. The highest BCUT2D eigenvalue weighted by atomic mass is 32.2. The van der Waals surface area contributed by atoms with Crippen LogP contribution in [0.5, 0.6) is 5.75 Å². The molecule has 3 atom stereocenters. The number of para-hydroxylation sites is 1. The van der Waals surface area contributed by atoms with Crippen LogP contribution in [0.3, 0.4) is 0 Å². The van der Waals surface area contributed by atoms with Crippen molar-refractivity contribution in [2.45, 2.75) is 35.8 Å². The number of carbonyl (C=O) groups is 1. The Labute approximate surface area is 243 Å². The van der Waals surface area contributed by atoms with Crippen molar-refractivity contribution in [3.63, 3.8) is 0 Å². The number of ether oxygens (including phenoxy) is 1. The predicted octanol–water partition coefficient (Wildman–Crippen LogP) is 3.31. The lowest BCUT2D eigenvalue weighted by atomic mass is 9.99. The van der Waals surface area contributed by atoms with Gasteiger partial charge in [-0.15, -0.1) is 0 Å². The molecule has 226 valence electrons.